The monoisotopic (exact) mass is 368 g/mol. The van der Waals surface area contributed by atoms with Crippen LogP contribution in [0.3, 0.4) is 0 Å². The van der Waals surface area contributed by atoms with Crippen molar-refractivity contribution >= 4 is 17.5 Å². The molecule has 0 saturated heterocycles. The number of benzene rings is 1. The van der Waals surface area contributed by atoms with E-state index in [0.717, 1.165) is 29.0 Å². The largest absolute Gasteiger partial charge is 0.347 e. The van der Waals surface area contributed by atoms with Crippen molar-refractivity contribution in [2.75, 3.05) is 11.9 Å². The number of nitrogens with one attached hydrogen (secondary N) is 2. The maximum atomic E-state index is 12.6. The molecule has 2 amide bonds. The molecule has 4 heteroatoms. The molecule has 1 aromatic rings. The molecule has 4 nitrogen and oxygen atoms in total. The van der Waals surface area contributed by atoms with Gasteiger partial charge in [0.2, 0.25) is 11.8 Å². The normalized spacial score (nSPS) is 31.1. The van der Waals surface area contributed by atoms with E-state index in [1.165, 1.54) is 38.5 Å². The van der Waals surface area contributed by atoms with Crippen LogP contribution in [0, 0.1) is 23.2 Å². The van der Waals surface area contributed by atoms with Crippen LogP contribution in [-0.4, -0.2) is 18.4 Å². The Labute approximate surface area is 162 Å². The zero-order valence-electron chi connectivity index (χ0n) is 16.6. The molecule has 0 heterocycles. The van der Waals surface area contributed by atoms with Crippen molar-refractivity contribution < 1.29 is 9.59 Å². The third-order valence-corrected chi connectivity index (χ3v) is 7.00. The summed E-state index contributed by atoms with van der Waals surface area (Å²) < 4.78 is 0. The Hall–Kier alpha value is -1.84. The number of carbonyl (C=O) groups excluding carboxylic acids is 2. The Morgan fingerprint density at radius 1 is 1.00 bits per heavy atom. The number of para-hydroxylation sites is 1. The summed E-state index contributed by atoms with van der Waals surface area (Å²) in [6.45, 7) is 4.27. The van der Waals surface area contributed by atoms with E-state index in [1.54, 1.807) is 0 Å². The van der Waals surface area contributed by atoms with Crippen molar-refractivity contribution in [2.45, 2.75) is 64.7 Å². The fraction of sp³-hybridized carbons (Fsp3) is 0.652. The summed E-state index contributed by atoms with van der Waals surface area (Å²) in [5.41, 5.74) is 2.18. The average Bonchev–Trinajstić information content (AvgIpc) is 2.58. The molecular weight excluding hydrogens is 336 g/mol. The molecule has 27 heavy (non-hydrogen) atoms. The van der Waals surface area contributed by atoms with Crippen LogP contribution >= 0.6 is 0 Å². The minimum absolute atomic E-state index is 0.0456. The van der Waals surface area contributed by atoms with Crippen LogP contribution in [-0.2, 0) is 9.59 Å². The lowest BCUT2D eigenvalue weighted by Gasteiger charge is -2.56. The molecule has 4 aliphatic carbocycles. The topological polar surface area (TPSA) is 58.2 Å². The van der Waals surface area contributed by atoms with Crippen molar-refractivity contribution in [3.05, 3.63) is 29.8 Å². The fourth-order valence-corrected chi connectivity index (χ4v) is 6.40. The van der Waals surface area contributed by atoms with Gasteiger partial charge in [-0.3, -0.25) is 9.59 Å². The quantitative estimate of drug-likeness (QED) is 0.778. The Morgan fingerprint density at radius 2 is 1.59 bits per heavy atom. The van der Waals surface area contributed by atoms with Crippen LogP contribution < -0.4 is 10.6 Å². The standard InChI is InChI=1S/C23H32N2O2/c1-15(2)19-5-3-4-6-20(19)25-22(27)14-24-21(26)13-23-10-16-7-17(11-23)9-18(8-16)12-23/h3-6,15-18H,7-14H2,1-2H3,(H,24,26)(H,25,27). The molecule has 4 aliphatic rings. The van der Waals surface area contributed by atoms with Crippen molar-refractivity contribution in [2.24, 2.45) is 23.2 Å². The van der Waals surface area contributed by atoms with Crippen molar-refractivity contribution in [3.63, 3.8) is 0 Å². The molecule has 0 aromatic heterocycles. The minimum atomic E-state index is -0.151. The van der Waals surface area contributed by atoms with Crippen LogP contribution in [0.1, 0.15) is 70.3 Å². The van der Waals surface area contributed by atoms with Crippen LogP contribution in [0.2, 0.25) is 0 Å². The Kier molecular flexibility index (Phi) is 5.00. The van der Waals surface area contributed by atoms with Crippen LogP contribution in [0.5, 0.6) is 0 Å². The van der Waals surface area contributed by atoms with Gasteiger partial charge in [-0.25, -0.2) is 0 Å². The van der Waals surface area contributed by atoms with Crippen molar-refractivity contribution in [1.82, 2.24) is 5.32 Å². The van der Waals surface area contributed by atoms with Gasteiger partial charge in [0.25, 0.3) is 0 Å². The highest BCUT2D eigenvalue weighted by Gasteiger charge is 2.51. The van der Waals surface area contributed by atoms with E-state index < -0.39 is 0 Å². The highest BCUT2D eigenvalue weighted by atomic mass is 16.2. The molecule has 0 aliphatic heterocycles. The van der Waals surface area contributed by atoms with Gasteiger partial charge in [-0.15, -0.1) is 0 Å². The lowest BCUT2D eigenvalue weighted by Crippen LogP contribution is -2.48. The van der Waals surface area contributed by atoms with E-state index in [0.29, 0.717) is 12.3 Å². The summed E-state index contributed by atoms with van der Waals surface area (Å²) in [6.07, 6.45) is 8.43. The first-order valence-corrected chi connectivity index (χ1v) is 10.6. The lowest BCUT2D eigenvalue weighted by atomic mass is 9.49. The lowest BCUT2D eigenvalue weighted by molar-refractivity contribution is -0.131. The summed E-state index contributed by atoms with van der Waals surface area (Å²) >= 11 is 0. The second-order valence-electron chi connectivity index (χ2n) is 9.66. The first-order valence-electron chi connectivity index (χ1n) is 10.6. The molecule has 4 fully saturated rings. The molecule has 0 unspecified atom stereocenters. The van der Waals surface area contributed by atoms with Gasteiger partial charge in [-0.2, -0.15) is 0 Å². The van der Waals surface area contributed by atoms with Crippen LogP contribution in [0.4, 0.5) is 5.69 Å². The first kappa shape index (κ1) is 18.5. The fourth-order valence-electron chi connectivity index (χ4n) is 6.40. The van der Waals surface area contributed by atoms with E-state index in [9.17, 15) is 9.59 Å². The van der Waals surface area contributed by atoms with Gasteiger partial charge in [0.15, 0.2) is 0 Å². The first-order chi connectivity index (χ1) is 12.9. The summed E-state index contributed by atoms with van der Waals surface area (Å²) in [5, 5.41) is 5.83. The van der Waals surface area contributed by atoms with Crippen molar-refractivity contribution in [3.8, 4) is 0 Å². The molecule has 1 aromatic carbocycles. The van der Waals surface area contributed by atoms with Gasteiger partial charge in [0.1, 0.15) is 0 Å². The number of hydrogen-bond acceptors (Lipinski definition) is 2. The van der Waals surface area contributed by atoms with E-state index in [4.69, 9.17) is 0 Å². The van der Waals surface area contributed by atoms with Crippen LogP contribution in [0.25, 0.3) is 0 Å². The van der Waals surface area contributed by atoms with Gasteiger partial charge >= 0.3 is 0 Å². The maximum absolute atomic E-state index is 12.6. The highest BCUT2D eigenvalue weighted by Crippen LogP contribution is 2.61. The van der Waals surface area contributed by atoms with Gasteiger partial charge in [-0.1, -0.05) is 32.0 Å². The van der Waals surface area contributed by atoms with E-state index in [2.05, 4.69) is 24.5 Å². The van der Waals surface area contributed by atoms with Crippen LogP contribution in [0.15, 0.2) is 24.3 Å². The number of rotatable bonds is 6. The molecule has 2 N–H and O–H groups in total. The molecule has 4 saturated carbocycles. The number of carbonyl (C=O) groups is 2. The predicted octanol–water partition coefficient (Wildman–Crippen LogP) is 4.47. The Morgan fingerprint density at radius 3 is 2.19 bits per heavy atom. The molecule has 146 valence electrons. The Bertz CT molecular complexity index is 690. The smallest absolute Gasteiger partial charge is 0.243 e. The molecule has 5 rings (SSSR count). The average molecular weight is 369 g/mol. The summed E-state index contributed by atoms with van der Waals surface area (Å²) in [4.78, 5) is 24.9. The van der Waals surface area contributed by atoms with E-state index in [-0.39, 0.29) is 23.8 Å². The minimum Gasteiger partial charge on any atom is -0.347 e. The number of anilines is 1. The van der Waals surface area contributed by atoms with E-state index >= 15 is 0 Å². The molecular formula is C23H32N2O2. The summed E-state index contributed by atoms with van der Waals surface area (Å²) in [7, 11) is 0. The SMILES string of the molecule is CC(C)c1ccccc1NC(=O)CNC(=O)CC12CC3CC(CC(C3)C1)C2. The number of hydrogen-bond donors (Lipinski definition) is 2. The number of amides is 2. The summed E-state index contributed by atoms with van der Waals surface area (Å²) in [5.74, 6) is 2.78. The molecule has 0 spiro atoms. The molecule has 0 radical (unpaired) electrons. The van der Waals surface area contributed by atoms with Gasteiger partial charge in [0, 0.05) is 12.1 Å². The zero-order valence-corrected chi connectivity index (χ0v) is 16.6. The summed E-state index contributed by atoms with van der Waals surface area (Å²) in [6, 6.07) is 7.86. The van der Waals surface area contributed by atoms with Gasteiger partial charge < -0.3 is 10.6 Å². The van der Waals surface area contributed by atoms with E-state index in [1.807, 2.05) is 24.3 Å². The Balaban J connectivity index is 1.29. The zero-order chi connectivity index (χ0) is 19.0. The third kappa shape index (κ3) is 4.04. The molecule has 4 bridgehead atoms. The van der Waals surface area contributed by atoms with Gasteiger partial charge in [0.05, 0.1) is 6.54 Å². The van der Waals surface area contributed by atoms with Crippen molar-refractivity contribution in [1.29, 1.82) is 0 Å². The third-order valence-electron chi connectivity index (χ3n) is 7.00. The highest BCUT2D eigenvalue weighted by molar-refractivity contribution is 5.95. The van der Waals surface area contributed by atoms with Gasteiger partial charge in [-0.05, 0) is 79.2 Å². The maximum Gasteiger partial charge on any atom is 0.243 e. The predicted molar refractivity (Wildman–Crippen MR) is 107 cm³/mol. The second-order valence-corrected chi connectivity index (χ2v) is 9.66. The second kappa shape index (κ2) is 7.29. The molecule has 0 atom stereocenters.